The molecule has 0 saturated carbocycles. The Kier molecular flexibility index (Phi) is 5.00. The lowest BCUT2D eigenvalue weighted by atomic mass is 10.1. The summed E-state index contributed by atoms with van der Waals surface area (Å²) in [5.74, 6) is 0.776. The lowest BCUT2D eigenvalue weighted by Gasteiger charge is -2.14. The van der Waals surface area contributed by atoms with Crippen LogP contribution in [0.1, 0.15) is 17.4 Å². The molecule has 0 bridgehead atoms. The second-order valence-electron chi connectivity index (χ2n) is 4.73. The molecule has 0 spiro atoms. The van der Waals surface area contributed by atoms with Crippen LogP contribution in [0.5, 0.6) is 11.5 Å². The third-order valence-corrected chi connectivity index (χ3v) is 3.33. The molecule has 0 aliphatic carbocycles. The molecule has 7 nitrogen and oxygen atoms in total. The zero-order valence-corrected chi connectivity index (χ0v) is 12.7. The first-order valence-corrected chi connectivity index (χ1v) is 6.69. The van der Waals surface area contributed by atoms with Gasteiger partial charge in [0.2, 0.25) is 0 Å². The number of hydrogen-bond acceptors (Lipinski definition) is 5. The van der Waals surface area contributed by atoms with Crippen LogP contribution < -0.4 is 14.8 Å². The van der Waals surface area contributed by atoms with Crippen LogP contribution in [0.4, 0.5) is 0 Å². The van der Waals surface area contributed by atoms with Crippen LogP contribution in [0.2, 0.25) is 0 Å². The van der Waals surface area contributed by atoms with Crippen molar-refractivity contribution in [3.63, 3.8) is 0 Å². The highest BCUT2D eigenvalue weighted by atomic mass is 16.5. The van der Waals surface area contributed by atoms with Gasteiger partial charge in [-0.15, -0.1) is 0 Å². The lowest BCUT2D eigenvalue weighted by Crippen LogP contribution is -2.29. The molecule has 0 aliphatic heterocycles. The number of aromatic nitrogens is 2. The molecule has 1 aromatic carbocycles. The number of carbonyl (C=O) groups is 1. The molecule has 2 N–H and O–H groups in total. The van der Waals surface area contributed by atoms with Gasteiger partial charge >= 0.3 is 0 Å². The number of hydrogen-bond donors (Lipinski definition) is 2. The molecule has 118 valence electrons. The Morgan fingerprint density at radius 3 is 2.77 bits per heavy atom. The molecule has 0 fully saturated rings. The minimum Gasteiger partial charge on any atom is -0.497 e. The van der Waals surface area contributed by atoms with Gasteiger partial charge in [-0.3, -0.25) is 4.79 Å². The molecule has 1 aromatic heterocycles. The molecule has 0 unspecified atom stereocenters. The lowest BCUT2D eigenvalue weighted by molar-refractivity contribution is -0.130. The predicted octanol–water partition coefficient (Wildman–Crippen LogP) is 0.787. The van der Waals surface area contributed by atoms with E-state index < -0.39 is 12.0 Å². The van der Waals surface area contributed by atoms with E-state index >= 15 is 0 Å². The highest BCUT2D eigenvalue weighted by molar-refractivity contribution is 5.81. The SMILES string of the molecule is COc1ccc(CNC(=O)[C@@H](O)c2cncn2C)c(OC)c1. The number of amides is 1. The standard InChI is InChI=1S/C15H19N3O4/c1-18-9-16-8-12(18)14(19)15(20)17-7-10-4-5-11(21-2)6-13(10)22-3/h4-6,8-9,14,19H,7H2,1-3H3,(H,17,20)/t14-/m0/s1. The van der Waals surface area contributed by atoms with E-state index in [1.807, 2.05) is 0 Å². The van der Waals surface area contributed by atoms with Gasteiger partial charge in [-0.1, -0.05) is 0 Å². The van der Waals surface area contributed by atoms with Crippen molar-refractivity contribution in [1.29, 1.82) is 0 Å². The van der Waals surface area contributed by atoms with Gasteiger partial charge in [0.25, 0.3) is 5.91 Å². The van der Waals surface area contributed by atoms with Gasteiger partial charge in [-0.25, -0.2) is 4.98 Å². The molecule has 0 aliphatic rings. The summed E-state index contributed by atoms with van der Waals surface area (Å²) < 4.78 is 12.0. The molecule has 2 rings (SSSR count). The maximum absolute atomic E-state index is 12.0. The maximum atomic E-state index is 12.0. The molecule has 0 radical (unpaired) electrons. The van der Waals surface area contributed by atoms with E-state index in [9.17, 15) is 9.90 Å². The Labute approximate surface area is 128 Å². The van der Waals surface area contributed by atoms with Crippen LogP contribution in [0.25, 0.3) is 0 Å². The first-order valence-electron chi connectivity index (χ1n) is 6.69. The number of methoxy groups -OCH3 is 2. The highest BCUT2D eigenvalue weighted by Gasteiger charge is 2.20. The van der Waals surface area contributed by atoms with E-state index in [2.05, 4.69) is 10.3 Å². The summed E-state index contributed by atoms with van der Waals surface area (Å²) in [7, 11) is 4.83. The number of aryl methyl sites for hydroxylation is 1. The smallest absolute Gasteiger partial charge is 0.255 e. The van der Waals surface area contributed by atoms with Crippen LogP contribution in [0.15, 0.2) is 30.7 Å². The second kappa shape index (κ2) is 6.95. The van der Waals surface area contributed by atoms with E-state index in [1.54, 1.807) is 44.0 Å². The Hall–Kier alpha value is -2.54. The Bertz CT molecular complexity index is 654. The third kappa shape index (κ3) is 3.37. The van der Waals surface area contributed by atoms with Gasteiger partial charge in [-0.2, -0.15) is 0 Å². The zero-order chi connectivity index (χ0) is 16.1. The van der Waals surface area contributed by atoms with Crippen LogP contribution in [0, 0.1) is 0 Å². The number of nitrogens with one attached hydrogen (secondary N) is 1. The van der Waals surface area contributed by atoms with Crippen molar-refractivity contribution in [3.8, 4) is 11.5 Å². The van der Waals surface area contributed by atoms with Crippen LogP contribution in [-0.4, -0.2) is 34.8 Å². The number of aliphatic hydroxyl groups is 1. The summed E-state index contributed by atoms with van der Waals surface area (Å²) in [6, 6.07) is 5.31. The molecule has 1 atom stereocenters. The van der Waals surface area contributed by atoms with Crippen molar-refractivity contribution in [2.24, 2.45) is 7.05 Å². The third-order valence-electron chi connectivity index (χ3n) is 3.33. The average molecular weight is 305 g/mol. The number of ether oxygens (including phenoxy) is 2. The number of benzene rings is 1. The number of aliphatic hydroxyl groups excluding tert-OH is 1. The number of imidazole rings is 1. The Morgan fingerprint density at radius 1 is 1.41 bits per heavy atom. The first-order chi connectivity index (χ1) is 10.6. The van der Waals surface area contributed by atoms with Gasteiger partial charge in [0.1, 0.15) is 11.5 Å². The largest absolute Gasteiger partial charge is 0.497 e. The summed E-state index contributed by atoms with van der Waals surface area (Å²) in [5.41, 5.74) is 1.22. The quantitative estimate of drug-likeness (QED) is 0.824. The van der Waals surface area contributed by atoms with Gasteiger partial charge in [-0.05, 0) is 12.1 Å². The van der Waals surface area contributed by atoms with Crippen molar-refractivity contribution in [1.82, 2.24) is 14.9 Å². The van der Waals surface area contributed by atoms with Crippen molar-refractivity contribution in [3.05, 3.63) is 42.0 Å². The predicted molar refractivity (Wildman–Crippen MR) is 79.6 cm³/mol. The van der Waals surface area contributed by atoms with Gasteiger partial charge in [0.15, 0.2) is 6.10 Å². The number of nitrogens with zero attached hydrogens (tertiary/aromatic N) is 2. The molecular weight excluding hydrogens is 286 g/mol. The van der Waals surface area contributed by atoms with E-state index in [0.717, 1.165) is 5.56 Å². The molecule has 2 aromatic rings. The van der Waals surface area contributed by atoms with E-state index in [0.29, 0.717) is 17.2 Å². The van der Waals surface area contributed by atoms with Crippen LogP contribution in [0.3, 0.4) is 0 Å². The molecule has 22 heavy (non-hydrogen) atoms. The summed E-state index contributed by atoms with van der Waals surface area (Å²) in [5, 5.41) is 12.7. The van der Waals surface area contributed by atoms with Crippen molar-refractivity contribution in [2.45, 2.75) is 12.6 Å². The fourth-order valence-electron chi connectivity index (χ4n) is 2.04. The monoisotopic (exact) mass is 305 g/mol. The molecular formula is C15H19N3O4. The molecule has 1 heterocycles. The van der Waals surface area contributed by atoms with Gasteiger partial charge < -0.3 is 24.5 Å². The minimum absolute atomic E-state index is 0.237. The summed E-state index contributed by atoms with van der Waals surface area (Å²) in [6.45, 7) is 0.237. The van der Waals surface area contributed by atoms with Gasteiger partial charge in [0.05, 0.1) is 32.4 Å². The minimum atomic E-state index is -1.27. The van der Waals surface area contributed by atoms with Crippen molar-refractivity contribution < 1.29 is 19.4 Å². The Balaban J connectivity index is 2.03. The fraction of sp³-hybridized carbons (Fsp3) is 0.333. The normalized spacial score (nSPS) is 11.8. The second-order valence-corrected chi connectivity index (χ2v) is 4.73. The van der Waals surface area contributed by atoms with E-state index in [4.69, 9.17) is 9.47 Å². The first kappa shape index (κ1) is 15.8. The number of rotatable bonds is 6. The molecule has 7 heteroatoms. The summed E-state index contributed by atoms with van der Waals surface area (Å²) in [6.07, 6.45) is 1.72. The van der Waals surface area contributed by atoms with Crippen LogP contribution >= 0.6 is 0 Å². The summed E-state index contributed by atoms with van der Waals surface area (Å²) in [4.78, 5) is 15.9. The molecule has 1 amide bonds. The van der Waals surface area contributed by atoms with Gasteiger partial charge in [0, 0.05) is 25.2 Å². The highest BCUT2D eigenvalue weighted by Crippen LogP contribution is 2.24. The topological polar surface area (TPSA) is 85.6 Å². The maximum Gasteiger partial charge on any atom is 0.255 e. The molecule has 0 saturated heterocycles. The van der Waals surface area contributed by atoms with Crippen molar-refractivity contribution >= 4 is 5.91 Å². The number of carbonyl (C=O) groups excluding carboxylic acids is 1. The Morgan fingerprint density at radius 2 is 2.18 bits per heavy atom. The van der Waals surface area contributed by atoms with Crippen molar-refractivity contribution in [2.75, 3.05) is 14.2 Å². The zero-order valence-electron chi connectivity index (χ0n) is 12.7. The average Bonchev–Trinajstić information content (AvgIpc) is 2.97. The van der Waals surface area contributed by atoms with E-state index in [1.165, 1.54) is 12.5 Å². The fourth-order valence-corrected chi connectivity index (χ4v) is 2.04. The van der Waals surface area contributed by atoms with Crippen LogP contribution in [-0.2, 0) is 18.4 Å². The summed E-state index contributed by atoms with van der Waals surface area (Å²) >= 11 is 0. The van der Waals surface area contributed by atoms with E-state index in [-0.39, 0.29) is 6.54 Å².